The largest absolute Gasteiger partial charge is 0.288 e. The maximum absolute atomic E-state index is 11.9. The maximum atomic E-state index is 11.9. The lowest BCUT2D eigenvalue weighted by Crippen LogP contribution is -2.19. The Morgan fingerprint density at radius 3 is 2.70 bits per heavy atom. The minimum absolute atomic E-state index is 0.112. The third-order valence-electron chi connectivity index (χ3n) is 2.98. The van der Waals surface area contributed by atoms with Crippen molar-refractivity contribution in [3.63, 3.8) is 0 Å². The van der Waals surface area contributed by atoms with Crippen LogP contribution in [0.15, 0.2) is 35.1 Å². The van der Waals surface area contributed by atoms with Gasteiger partial charge >= 0.3 is 0 Å². The summed E-state index contributed by atoms with van der Waals surface area (Å²) in [6.45, 7) is 3.82. The summed E-state index contributed by atoms with van der Waals surface area (Å²) < 4.78 is 1.71. The number of halogens is 1. The van der Waals surface area contributed by atoms with Gasteiger partial charge in [0.1, 0.15) is 5.69 Å². The van der Waals surface area contributed by atoms with E-state index in [-0.39, 0.29) is 18.3 Å². The Morgan fingerprint density at radius 2 is 2.05 bits per heavy atom. The van der Waals surface area contributed by atoms with E-state index in [1.165, 1.54) is 6.07 Å². The van der Waals surface area contributed by atoms with Crippen molar-refractivity contribution < 1.29 is 4.79 Å². The highest BCUT2D eigenvalue weighted by Gasteiger charge is 2.09. The molecule has 1 aromatic heterocycles. The van der Waals surface area contributed by atoms with Crippen LogP contribution in [0.5, 0.6) is 0 Å². The van der Waals surface area contributed by atoms with E-state index in [4.69, 9.17) is 11.6 Å². The fourth-order valence-electron chi connectivity index (χ4n) is 1.99. The van der Waals surface area contributed by atoms with E-state index in [9.17, 15) is 9.59 Å². The fourth-order valence-corrected chi connectivity index (χ4v) is 2.09. The molecule has 1 heterocycles. The van der Waals surface area contributed by atoms with Gasteiger partial charge in [-0.25, -0.2) is 4.68 Å². The van der Waals surface area contributed by atoms with E-state index in [0.717, 1.165) is 16.9 Å². The zero-order chi connectivity index (χ0) is 14.7. The lowest BCUT2D eigenvalue weighted by molar-refractivity contribution is -0.111. The highest BCUT2D eigenvalue weighted by molar-refractivity contribution is 6.63. The number of hydrogen-bond acceptors (Lipinski definition) is 3. The zero-order valence-corrected chi connectivity index (χ0v) is 12.1. The molecule has 5 heteroatoms. The molecule has 0 atom stereocenters. The van der Waals surface area contributed by atoms with Crippen molar-refractivity contribution in [3.05, 3.63) is 57.5 Å². The highest BCUT2D eigenvalue weighted by Crippen LogP contribution is 2.11. The zero-order valence-electron chi connectivity index (χ0n) is 11.4. The molecule has 0 aliphatic carbocycles. The number of rotatable bonds is 4. The SMILES string of the molecule is Cc1cccc(-n2nc(CCC(=O)Cl)c(=O)cc2C)c1. The Labute approximate surface area is 122 Å². The first-order valence-corrected chi connectivity index (χ1v) is 6.70. The number of benzene rings is 1. The summed E-state index contributed by atoms with van der Waals surface area (Å²) in [7, 11) is 0. The molecule has 0 N–H and O–H groups in total. The molecule has 20 heavy (non-hydrogen) atoms. The monoisotopic (exact) mass is 290 g/mol. The summed E-state index contributed by atoms with van der Waals surface area (Å²) in [6.07, 6.45) is 0.369. The average molecular weight is 291 g/mol. The maximum Gasteiger partial charge on any atom is 0.222 e. The molecule has 4 nitrogen and oxygen atoms in total. The minimum atomic E-state index is -0.464. The number of nitrogens with zero attached hydrogens (tertiary/aromatic N) is 2. The molecule has 0 bridgehead atoms. The van der Waals surface area contributed by atoms with Gasteiger partial charge < -0.3 is 0 Å². The van der Waals surface area contributed by atoms with Crippen LogP contribution in [0, 0.1) is 13.8 Å². The molecular weight excluding hydrogens is 276 g/mol. The first-order valence-electron chi connectivity index (χ1n) is 6.32. The first kappa shape index (κ1) is 14.5. The van der Waals surface area contributed by atoms with Crippen LogP contribution in [0.3, 0.4) is 0 Å². The van der Waals surface area contributed by atoms with Gasteiger partial charge in [-0.1, -0.05) is 12.1 Å². The molecule has 2 aromatic rings. The number of aromatic nitrogens is 2. The van der Waals surface area contributed by atoms with Gasteiger partial charge in [-0.3, -0.25) is 9.59 Å². The second-order valence-corrected chi connectivity index (χ2v) is 5.12. The number of aryl methyl sites for hydroxylation is 3. The molecule has 104 valence electrons. The Hall–Kier alpha value is -1.94. The van der Waals surface area contributed by atoms with Crippen LogP contribution in [-0.2, 0) is 11.2 Å². The number of carbonyl (C=O) groups excluding carboxylic acids is 1. The van der Waals surface area contributed by atoms with Gasteiger partial charge in [0.25, 0.3) is 0 Å². The Kier molecular flexibility index (Phi) is 4.35. The predicted molar refractivity (Wildman–Crippen MR) is 78.5 cm³/mol. The van der Waals surface area contributed by atoms with E-state index in [0.29, 0.717) is 5.69 Å². The van der Waals surface area contributed by atoms with E-state index in [1.807, 2.05) is 38.1 Å². The second kappa shape index (κ2) is 6.01. The summed E-state index contributed by atoms with van der Waals surface area (Å²) in [5.74, 6) is 0. The van der Waals surface area contributed by atoms with Crippen LogP contribution < -0.4 is 5.43 Å². The molecule has 0 aliphatic heterocycles. The third kappa shape index (κ3) is 3.33. The van der Waals surface area contributed by atoms with Gasteiger partial charge in [0.15, 0.2) is 0 Å². The average Bonchev–Trinajstić information content (AvgIpc) is 2.37. The Balaban J connectivity index is 2.46. The summed E-state index contributed by atoms with van der Waals surface area (Å²) in [6, 6.07) is 9.37. The molecule has 0 spiro atoms. The molecule has 0 amide bonds. The van der Waals surface area contributed by atoms with E-state index < -0.39 is 5.24 Å². The summed E-state index contributed by atoms with van der Waals surface area (Å²) in [5.41, 5.74) is 2.94. The minimum Gasteiger partial charge on any atom is -0.288 e. The van der Waals surface area contributed by atoms with Crippen LogP contribution in [0.1, 0.15) is 23.4 Å². The van der Waals surface area contributed by atoms with Crippen molar-refractivity contribution in [1.82, 2.24) is 9.78 Å². The van der Waals surface area contributed by atoms with Crippen molar-refractivity contribution in [2.75, 3.05) is 0 Å². The van der Waals surface area contributed by atoms with Crippen LogP contribution in [-0.4, -0.2) is 15.0 Å². The molecule has 2 rings (SSSR count). The predicted octanol–water partition coefficient (Wildman–Crippen LogP) is 2.55. The molecule has 0 radical (unpaired) electrons. The van der Waals surface area contributed by atoms with Crippen molar-refractivity contribution in [2.45, 2.75) is 26.7 Å². The molecule has 1 aromatic carbocycles. The normalized spacial score (nSPS) is 10.6. The molecule has 0 fully saturated rings. The van der Waals surface area contributed by atoms with Gasteiger partial charge in [0.05, 0.1) is 5.69 Å². The number of hydrogen-bond donors (Lipinski definition) is 0. The molecule has 0 unspecified atom stereocenters. The van der Waals surface area contributed by atoms with Gasteiger partial charge in [-0.2, -0.15) is 5.10 Å². The molecule has 0 aliphatic rings. The second-order valence-electron chi connectivity index (χ2n) is 4.70. The van der Waals surface area contributed by atoms with Gasteiger partial charge in [-0.15, -0.1) is 0 Å². The van der Waals surface area contributed by atoms with E-state index in [2.05, 4.69) is 5.10 Å². The van der Waals surface area contributed by atoms with Crippen LogP contribution in [0.2, 0.25) is 0 Å². The smallest absolute Gasteiger partial charge is 0.222 e. The summed E-state index contributed by atoms with van der Waals surface area (Å²) in [4.78, 5) is 22.7. The highest BCUT2D eigenvalue weighted by atomic mass is 35.5. The lowest BCUT2D eigenvalue weighted by atomic mass is 10.2. The van der Waals surface area contributed by atoms with Gasteiger partial charge in [-0.05, 0) is 43.1 Å². The van der Waals surface area contributed by atoms with Crippen molar-refractivity contribution in [2.24, 2.45) is 0 Å². The number of carbonyl (C=O) groups is 1. The van der Waals surface area contributed by atoms with Crippen LogP contribution >= 0.6 is 11.6 Å². The standard InChI is InChI=1S/C15H15ClN2O2/c1-10-4-3-5-12(8-10)18-11(2)9-14(19)13(17-18)6-7-15(16)20/h3-5,8-9H,6-7H2,1-2H3. The van der Waals surface area contributed by atoms with Crippen LogP contribution in [0.25, 0.3) is 5.69 Å². The van der Waals surface area contributed by atoms with Gasteiger partial charge in [0.2, 0.25) is 10.7 Å². The van der Waals surface area contributed by atoms with Crippen molar-refractivity contribution in [1.29, 1.82) is 0 Å². The van der Waals surface area contributed by atoms with Crippen molar-refractivity contribution >= 4 is 16.8 Å². The first-order chi connectivity index (χ1) is 9.47. The Morgan fingerprint density at radius 1 is 1.30 bits per heavy atom. The third-order valence-corrected chi connectivity index (χ3v) is 3.17. The quantitative estimate of drug-likeness (QED) is 0.813. The summed E-state index contributed by atoms with van der Waals surface area (Å²) >= 11 is 5.31. The van der Waals surface area contributed by atoms with Crippen molar-refractivity contribution in [3.8, 4) is 5.69 Å². The van der Waals surface area contributed by atoms with Gasteiger partial charge in [0, 0.05) is 24.6 Å². The Bertz CT molecular complexity index is 707. The van der Waals surface area contributed by atoms with E-state index >= 15 is 0 Å². The van der Waals surface area contributed by atoms with Crippen LogP contribution in [0.4, 0.5) is 0 Å². The van der Waals surface area contributed by atoms with E-state index in [1.54, 1.807) is 4.68 Å². The summed E-state index contributed by atoms with van der Waals surface area (Å²) in [5, 5.41) is 3.88. The molecular formula is C15H15ClN2O2. The topological polar surface area (TPSA) is 52.0 Å². The fraction of sp³-hybridized carbons (Fsp3) is 0.267. The molecule has 0 saturated heterocycles. The lowest BCUT2D eigenvalue weighted by Gasteiger charge is -2.11. The molecule has 0 saturated carbocycles.